The Morgan fingerprint density at radius 1 is 1.38 bits per heavy atom. The molecule has 21 heavy (non-hydrogen) atoms. The Kier molecular flexibility index (Phi) is 4.62. The van der Waals surface area contributed by atoms with Gasteiger partial charge in [-0.05, 0) is 25.0 Å². The van der Waals surface area contributed by atoms with Crippen molar-refractivity contribution in [3.8, 4) is 17.3 Å². The van der Waals surface area contributed by atoms with Crippen molar-refractivity contribution in [2.45, 2.75) is 33.1 Å². The summed E-state index contributed by atoms with van der Waals surface area (Å²) in [4.78, 5) is 16.5. The molecule has 0 aliphatic carbocycles. The molecule has 2 rings (SSSR count). The van der Waals surface area contributed by atoms with Crippen LogP contribution in [0.1, 0.15) is 31.2 Å². The van der Waals surface area contributed by atoms with Gasteiger partial charge in [0, 0.05) is 6.42 Å². The standard InChI is InChI=1S/C16H20N2O3/c1-4-5-9-13-17-14(19)10-15(20)18(13)16-11(2)7-6-8-12(16)21-3/h6-8,10,19H,4-5,9H2,1-3H3. The zero-order valence-corrected chi connectivity index (χ0v) is 12.6. The first-order chi connectivity index (χ1) is 10.1. The van der Waals surface area contributed by atoms with E-state index < -0.39 is 0 Å². The number of aromatic nitrogens is 2. The minimum absolute atomic E-state index is 0.241. The second kappa shape index (κ2) is 6.43. The number of aryl methyl sites for hydroxylation is 2. The van der Waals surface area contributed by atoms with E-state index >= 15 is 0 Å². The van der Waals surface area contributed by atoms with E-state index in [-0.39, 0.29) is 11.4 Å². The number of aromatic hydroxyl groups is 1. The van der Waals surface area contributed by atoms with Crippen LogP contribution in [0, 0.1) is 6.92 Å². The first-order valence-electron chi connectivity index (χ1n) is 7.04. The van der Waals surface area contributed by atoms with Crippen molar-refractivity contribution < 1.29 is 9.84 Å². The van der Waals surface area contributed by atoms with Crippen LogP contribution >= 0.6 is 0 Å². The lowest BCUT2D eigenvalue weighted by Gasteiger charge is -2.17. The quantitative estimate of drug-likeness (QED) is 0.918. The number of hydrogen-bond donors (Lipinski definition) is 1. The third-order valence-corrected chi connectivity index (χ3v) is 3.37. The van der Waals surface area contributed by atoms with Gasteiger partial charge in [0.05, 0.1) is 18.9 Å². The van der Waals surface area contributed by atoms with Crippen molar-refractivity contribution in [2.24, 2.45) is 0 Å². The summed E-state index contributed by atoms with van der Waals surface area (Å²) in [5.74, 6) is 0.923. The van der Waals surface area contributed by atoms with Crippen molar-refractivity contribution in [3.63, 3.8) is 0 Å². The largest absolute Gasteiger partial charge is 0.495 e. The monoisotopic (exact) mass is 288 g/mol. The zero-order valence-electron chi connectivity index (χ0n) is 12.6. The summed E-state index contributed by atoms with van der Waals surface area (Å²) < 4.78 is 6.91. The van der Waals surface area contributed by atoms with Crippen LogP contribution in [0.15, 0.2) is 29.1 Å². The molecule has 1 aromatic carbocycles. The molecule has 0 unspecified atom stereocenters. The van der Waals surface area contributed by atoms with Crippen LogP contribution in [0.5, 0.6) is 11.6 Å². The number of methoxy groups -OCH3 is 1. The second-order valence-corrected chi connectivity index (χ2v) is 4.93. The van der Waals surface area contributed by atoms with Gasteiger partial charge in [-0.1, -0.05) is 25.5 Å². The number of hydrogen-bond acceptors (Lipinski definition) is 4. The predicted octanol–water partition coefficient (Wildman–Crippen LogP) is 2.60. The summed E-state index contributed by atoms with van der Waals surface area (Å²) in [7, 11) is 1.57. The van der Waals surface area contributed by atoms with Gasteiger partial charge in [0.2, 0.25) is 5.88 Å². The molecule has 0 aliphatic heterocycles. The molecule has 0 fully saturated rings. The lowest BCUT2D eigenvalue weighted by Crippen LogP contribution is -2.24. The maximum atomic E-state index is 12.4. The zero-order chi connectivity index (χ0) is 15.4. The van der Waals surface area contributed by atoms with Gasteiger partial charge in [-0.3, -0.25) is 9.36 Å². The van der Waals surface area contributed by atoms with E-state index in [0.29, 0.717) is 23.7 Å². The van der Waals surface area contributed by atoms with E-state index in [0.717, 1.165) is 24.5 Å². The summed E-state index contributed by atoms with van der Waals surface area (Å²) in [6.07, 6.45) is 2.50. The Morgan fingerprint density at radius 2 is 2.14 bits per heavy atom. The van der Waals surface area contributed by atoms with Crippen molar-refractivity contribution >= 4 is 0 Å². The lowest BCUT2D eigenvalue weighted by molar-refractivity contribution is 0.410. The summed E-state index contributed by atoms with van der Waals surface area (Å²) in [6.45, 7) is 3.99. The van der Waals surface area contributed by atoms with E-state index in [4.69, 9.17) is 4.74 Å². The first-order valence-corrected chi connectivity index (χ1v) is 7.04. The van der Waals surface area contributed by atoms with Crippen molar-refractivity contribution in [1.82, 2.24) is 9.55 Å². The lowest BCUT2D eigenvalue weighted by atomic mass is 10.1. The van der Waals surface area contributed by atoms with Gasteiger partial charge in [0.15, 0.2) is 0 Å². The van der Waals surface area contributed by atoms with Crippen molar-refractivity contribution in [1.29, 1.82) is 0 Å². The topological polar surface area (TPSA) is 64.4 Å². The van der Waals surface area contributed by atoms with E-state index in [9.17, 15) is 9.90 Å². The molecule has 0 atom stereocenters. The molecular weight excluding hydrogens is 268 g/mol. The average molecular weight is 288 g/mol. The van der Waals surface area contributed by atoms with Gasteiger partial charge in [-0.15, -0.1) is 0 Å². The van der Waals surface area contributed by atoms with Crippen LogP contribution in [0.3, 0.4) is 0 Å². The summed E-state index contributed by atoms with van der Waals surface area (Å²) in [5.41, 5.74) is 1.30. The van der Waals surface area contributed by atoms with E-state index in [1.165, 1.54) is 4.57 Å². The Labute approximate surface area is 123 Å². The van der Waals surface area contributed by atoms with E-state index in [2.05, 4.69) is 11.9 Å². The molecule has 0 saturated heterocycles. The first kappa shape index (κ1) is 15.1. The van der Waals surface area contributed by atoms with Crippen LogP contribution in [0.25, 0.3) is 5.69 Å². The molecule has 0 spiro atoms. The number of nitrogens with zero attached hydrogens (tertiary/aromatic N) is 2. The Balaban J connectivity index is 2.71. The fourth-order valence-electron chi connectivity index (χ4n) is 2.34. The molecule has 0 saturated carbocycles. The minimum atomic E-state index is -0.304. The van der Waals surface area contributed by atoms with Crippen molar-refractivity contribution in [3.05, 3.63) is 46.0 Å². The number of rotatable bonds is 5. The highest BCUT2D eigenvalue weighted by Gasteiger charge is 2.15. The molecule has 5 nitrogen and oxygen atoms in total. The third kappa shape index (κ3) is 3.07. The SMILES string of the molecule is CCCCc1nc(O)cc(=O)n1-c1c(C)cccc1OC. The predicted molar refractivity (Wildman–Crippen MR) is 81.4 cm³/mol. The molecule has 5 heteroatoms. The highest BCUT2D eigenvalue weighted by atomic mass is 16.5. The summed E-state index contributed by atoms with van der Waals surface area (Å²) in [5, 5.41) is 9.60. The molecule has 1 N–H and O–H groups in total. The molecule has 112 valence electrons. The van der Waals surface area contributed by atoms with Crippen LogP contribution in [0.4, 0.5) is 0 Å². The molecule has 0 amide bonds. The smallest absolute Gasteiger partial charge is 0.262 e. The number of unbranched alkanes of at least 4 members (excludes halogenated alkanes) is 1. The fourth-order valence-corrected chi connectivity index (χ4v) is 2.34. The van der Waals surface area contributed by atoms with Gasteiger partial charge in [0.25, 0.3) is 5.56 Å². The van der Waals surface area contributed by atoms with Crippen LogP contribution in [-0.4, -0.2) is 21.8 Å². The van der Waals surface area contributed by atoms with Crippen molar-refractivity contribution in [2.75, 3.05) is 7.11 Å². The highest BCUT2D eigenvalue weighted by Crippen LogP contribution is 2.26. The van der Waals surface area contributed by atoms with Gasteiger partial charge in [0.1, 0.15) is 11.6 Å². The summed E-state index contributed by atoms with van der Waals surface area (Å²) >= 11 is 0. The van der Waals surface area contributed by atoms with E-state index in [1.54, 1.807) is 7.11 Å². The van der Waals surface area contributed by atoms with E-state index in [1.807, 2.05) is 25.1 Å². The fraction of sp³-hybridized carbons (Fsp3) is 0.375. The molecule has 1 aromatic heterocycles. The van der Waals surface area contributed by atoms with Crippen LogP contribution in [-0.2, 0) is 6.42 Å². The minimum Gasteiger partial charge on any atom is -0.495 e. The van der Waals surface area contributed by atoms with Crippen LogP contribution < -0.4 is 10.3 Å². The Hall–Kier alpha value is -2.30. The Morgan fingerprint density at radius 3 is 2.81 bits per heavy atom. The molecule has 0 bridgehead atoms. The molecule has 0 aliphatic rings. The van der Waals surface area contributed by atoms with Crippen LogP contribution in [0.2, 0.25) is 0 Å². The van der Waals surface area contributed by atoms with Gasteiger partial charge in [-0.25, -0.2) is 0 Å². The Bertz CT molecular complexity index is 692. The maximum Gasteiger partial charge on any atom is 0.262 e. The molecular formula is C16H20N2O3. The third-order valence-electron chi connectivity index (χ3n) is 3.37. The number of para-hydroxylation sites is 1. The maximum absolute atomic E-state index is 12.4. The molecule has 1 heterocycles. The second-order valence-electron chi connectivity index (χ2n) is 4.93. The average Bonchev–Trinajstić information content (AvgIpc) is 2.45. The number of ether oxygens (including phenoxy) is 1. The van der Waals surface area contributed by atoms with Gasteiger partial charge < -0.3 is 9.84 Å². The number of benzene rings is 1. The summed E-state index contributed by atoms with van der Waals surface area (Å²) in [6, 6.07) is 6.73. The highest BCUT2D eigenvalue weighted by molar-refractivity contribution is 5.53. The van der Waals surface area contributed by atoms with Gasteiger partial charge in [-0.2, -0.15) is 4.98 Å². The van der Waals surface area contributed by atoms with Gasteiger partial charge >= 0.3 is 0 Å². The molecule has 0 radical (unpaired) electrons. The molecule has 2 aromatic rings. The normalized spacial score (nSPS) is 10.6.